The number of thioether (sulfide) groups is 1. The Morgan fingerprint density at radius 2 is 2.43 bits per heavy atom. The molecule has 0 saturated carbocycles. The Morgan fingerprint density at radius 3 is 2.57 bits per heavy atom. The average Bonchev–Trinajstić information content (AvgIpc) is 1.61. The lowest BCUT2D eigenvalue weighted by Crippen LogP contribution is -1.84. The number of carbonyl (C=O) groups excluding carboxylic acids is 1. The number of carbonyl (C=O) groups is 1. The molecule has 0 aromatic heterocycles. The molecule has 0 aromatic rings. The van der Waals surface area contributed by atoms with Gasteiger partial charge in [-0.25, -0.2) is 0 Å². The average molecular weight is 139 g/mol. The molecule has 0 unspecified atom stereocenters. The highest BCUT2D eigenvalue weighted by Gasteiger charge is 1.88. The molecule has 0 saturated heterocycles. The van der Waals surface area contributed by atoms with Crippen LogP contribution in [-0.4, -0.2) is 16.7 Å². The fourth-order valence-corrected chi connectivity index (χ4v) is 0.778. The largest absolute Gasteiger partial charge is 0.288 e. The van der Waals surface area contributed by atoms with Gasteiger partial charge in [0.2, 0.25) is 0 Å². The van der Waals surface area contributed by atoms with Gasteiger partial charge in [0.1, 0.15) is 0 Å². The van der Waals surface area contributed by atoms with E-state index in [9.17, 15) is 4.79 Å². The molecular weight excluding hydrogens is 132 g/mol. The van der Waals surface area contributed by atoms with E-state index >= 15 is 0 Å². The van der Waals surface area contributed by atoms with Gasteiger partial charge in [0.05, 0.1) is 0 Å². The van der Waals surface area contributed by atoms with Crippen molar-refractivity contribution in [3.63, 3.8) is 0 Å². The van der Waals surface area contributed by atoms with E-state index in [1.807, 2.05) is 0 Å². The van der Waals surface area contributed by atoms with Crippen molar-refractivity contribution in [3.05, 3.63) is 0 Å². The van der Waals surface area contributed by atoms with Crippen molar-refractivity contribution in [2.75, 3.05) is 11.6 Å². The molecule has 0 aliphatic carbocycles. The maximum atomic E-state index is 10.1. The summed E-state index contributed by atoms with van der Waals surface area (Å²) >= 11 is 6.53. The van der Waals surface area contributed by atoms with E-state index in [4.69, 9.17) is 11.6 Å². The summed E-state index contributed by atoms with van der Waals surface area (Å²) in [5.74, 6) is 1.29. The Balaban J connectivity index is 2.82. The van der Waals surface area contributed by atoms with Gasteiger partial charge in [0.25, 0.3) is 0 Å². The first kappa shape index (κ1) is 7.31. The predicted octanol–water partition coefficient (Wildman–Crippen LogP) is 1.50. The van der Waals surface area contributed by atoms with Crippen LogP contribution in [-0.2, 0) is 4.79 Å². The topological polar surface area (TPSA) is 17.1 Å². The van der Waals surface area contributed by atoms with Crippen LogP contribution in [0.4, 0.5) is 0 Å². The normalized spacial score (nSPS) is 8.86. The second kappa shape index (κ2) is 4.47. The highest BCUT2D eigenvalue weighted by molar-refractivity contribution is 8.13. The molecule has 7 heavy (non-hydrogen) atoms. The summed E-state index contributed by atoms with van der Waals surface area (Å²) in [6.45, 7) is 1.54. The van der Waals surface area contributed by atoms with E-state index in [2.05, 4.69) is 0 Å². The SMILES string of the molecule is CC(=O)SCCCl. The van der Waals surface area contributed by atoms with E-state index in [-0.39, 0.29) is 5.12 Å². The summed E-state index contributed by atoms with van der Waals surface area (Å²) in [6.07, 6.45) is 0. The molecule has 1 nitrogen and oxygen atoms in total. The zero-order chi connectivity index (χ0) is 5.70. The third-order valence-electron chi connectivity index (χ3n) is 0.382. The van der Waals surface area contributed by atoms with Crippen LogP contribution in [0.1, 0.15) is 6.92 Å². The monoisotopic (exact) mass is 138 g/mol. The number of hydrogen-bond acceptors (Lipinski definition) is 2. The maximum absolute atomic E-state index is 10.1. The Hall–Kier alpha value is 0.310. The van der Waals surface area contributed by atoms with Crippen LogP contribution in [0.25, 0.3) is 0 Å². The van der Waals surface area contributed by atoms with Crippen molar-refractivity contribution in [1.29, 1.82) is 0 Å². The highest BCUT2D eigenvalue weighted by atomic mass is 35.5. The van der Waals surface area contributed by atoms with Gasteiger partial charge in [0, 0.05) is 18.6 Å². The summed E-state index contributed by atoms with van der Waals surface area (Å²) in [4.78, 5) is 10.1. The van der Waals surface area contributed by atoms with Crippen molar-refractivity contribution in [2.45, 2.75) is 6.92 Å². The van der Waals surface area contributed by atoms with Crippen LogP contribution in [0.2, 0.25) is 0 Å². The number of rotatable bonds is 2. The molecule has 0 spiro atoms. The summed E-state index contributed by atoms with van der Waals surface area (Å²) in [5.41, 5.74) is 0. The van der Waals surface area contributed by atoms with Crippen LogP contribution in [0.15, 0.2) is 0 Å². The van der Waals surface area contributed by atoms with Gasteiger partial charge in [-0.3, -0.25) is 4.79 Å². The molecule has 0 radical (unpaired) electrons. The summed E-state index contributed by atoms with van der Waals surface area (Å²) < 4.78 is 0. The van der Waals surface area contributed by atoms with Crippen LogP contribution < -0.4 is 0 Å². The lowest BCUT2D eigenvalue weighted by Gasteiger charge is -1.85. The summed E-state index contributed by atoms with van der Waals surface area (Å²) in [7, 11) is 0. The second-order valence-electron chi connectivity index (χ2n) is 1.03. The second-order valence-corrected chi connectivity index (χ2v) is 2.68. The van der Waals surface area contributed by atoms with Crippen LogP contribution in [0.3, 0.4) is 0 Å². The Morgan fingerprint density at radius 1 is 1.86 bits per heavy atom. The zero-order valence-corrected chi connectivity index (χ0v) is 5.68. The van der Waals surface area contributed by atoms with E-state index < -0.39 is 0 Å². The van der Waals surface area contributed by atoms with Gasteiger partial charge in [0.15, 0.2) is 5.12 Å². The Labute approximate surface area is 52.4 Å². The van der Waals surface area contributed by atoms with Gasteiger partial charge in [-0.1, -0.05) is 11.8 Å². The lowest BCUT2D eigenvalue weighted by molar-refractivity contribution is -0.109. The standard InChI is InChI=1S/C4H7ClOS/c1-4(6)7-3-2-5/h2-3H2,1H3. The first-order chi connectivity index (χ1) is 3.27. The van der Waals surface area contributed by atoms with Crippen LogP contribution in [0.5, 0.6) is 0 Å². The van der Waals surface area contributed by atoms with Crippen molar-refractivity contribution in [1.82, 2.24) is 0 Å². The van der Waals surface area contributed by atoms with E-state index in [1.54, 1.807) is 0 Å². The molecule has 0 rings (SSSR count). The molecule has 0 amide bonds. The third-order valence-corrected chi connectivity index (χ3v) is 1.61. The van der Waals surface area contributed by atoms with Gasteiger partial charge in [-0.2, -0.15) is 0 Å². The molecule has 0 bridgehead atoms. The predicted molar refractivity (Wildman–Crippen MR) is 33.9 cm³/mol. The van der Waals surface area contributed by atoms with Crippen molar-refractivity contribution in [3.8, 4) is 0 Å². The minimum absolute atomic E-state index is 0.139. The van der Waals surface area contributed by atoms with E-state index in [0.29, 0.717) is 5.88 Å². The summed E-state index contributed by atoms with van der Waals surface area (Å²) in [5, 5.41) is 0.139. The molecule has 0 N–H and O–H groups in total. The molecule has 0 aromatic carbocycles. The number of hydrogen-bond donors (Lipinski definition) is 0. The first-order valence-corrected chi connectivity index (χ1v) is 3.48. The van der Waals surface area contributed by atoms with Gasteiger partial charge >= 0.3 is 0 Å². The fraction of sp³-hybridized carbons (Fsp3) is 0.750. The summed E-state index contributed by atoms with van der Waals surface area (Å²) in [6, 6.07) is 0. The van der Waals surface area contributed by atoms with E-state index in [1.165, 1.54) is 18.7 Å². The van der Waals surface area contributed by atoms with Crippen LogP contribution in [0, 0.1) is 0 Å². The zero-order valence-electron chi connectivity index (χ0n) is 4.11. The Bertz CT molecular complexity index is 64.7. The van der Waals surface area contributed by atoms with Gasteiger partial charge in [-0.15, -0.1) is 11.6 Å². The number of alkyl halides is 1. The molecule has 0 fully saturated rings. The van der Waals surface area contributed by atoms with Crippen molar-refractivity contribution >= 4 is 28.5 Å². The molecule has 3 heteroatoms. The highest BCUT2D eigenvalue weighted by Crippen LogP contribution is 1.99. The molecule has 42 valence electrons. The lowest BCUT2D eigenvalue weighted by atomic mass is 10.9. The fourth-order valence-electron chi connectivity index (χ4n) is 0.182. The number of halogens is 1. The molecule has 0 aliphatic heterocycles. The van der Waals surface area contributed by atoms with Crippen LogP contribution >= 0.6 is 23.4 Å². The maximum Gasteiger partial charge on any atom is 0.185 e. The van der Waals surface area contributed by atoms with E-state index in [0.717, 1.165) is 5.75 Å². The molecule has 0 heterocycles. The van der Waals surface area contributed by atoms with Crippen molar-refractivity contribution in [2.24, 2.45) is 0 Å². The molecule has 0 atom stereocenters. The van der Waals surface area contributed by atoms with Crippen molar-refractivity contribution < 1.29 is 4.79 Å². The Kier molecular flexibility index (Phi) is 4.67. The molecule has 0 aliphatic rings. The van der Waals surface area contributed by atoms with Gasteiger partial charge in [-0.05, 0) is 0 Å². The first-order valence-electron chi connectivity index (χ1n) is 1.96. The smallest absolute Gasteiger partial charge is 0.185 e. The molecular formula is C4H7ClOS. The quantitative estimate of drug-likeness (QED) is 0.538. The minimum Gasteiger partial charge on any atom is -0.288 e. The van der Waals surface area contributed by atoms with Gasteiger partial charge < -0.3 is 0 Å². The minimum atomic E-state index is 0.139. The third kappa shape index (κ3) is 6.31.